The molecule has 0 spiro atoms. The van der Waals surface area contributed by atoms with Gasteiger partial charge < -0.3 is 14.5 Å². The monoisotopic (exact) mass is 308 g/mol. The van der Waals surface area contributed by atoms with E-state index < -0.39 is 0 Å². The van der Waals surface area contributed by atoms with Gasteiger partial charge in [-0.1, -0.05) is 0 Å². The smallest absolute Gasteiger partial charge is 0.256 e. The molecule has 0 radical (unpaired) electrons. The van der Waals surface area contributed by atoms with Gasteiger partial charge in [0.25, 0.3) is 5.56 Å². The summed E-state index contributed by atoms with van der Waals surface area (Å²) in [4.78, 5) is 32.0. The number of ketones is 1. The van der Waals surface area contributed by atoms with Crippen molar-refractivity contribution in [2.24, 2.45) is 0 Å². The van der Waals surface area contributed by atoms with Gasteiger partial charge in [0.1, 0.15) is 0 Å². The van der Waals surface area contributed by atoms with Crippen molar-refractivity contribution < 1.29 is 14.3 Å². The molecule has 0 aliphatic heterocycles. The maximum atomic E-state index is 12.7. The standard InChI is InChI=1S/C17H12N2O4/c1-22-12-5-9-10(6-13(12)23-2)17(21)19-15-11-7-18-4-3-8(11)16(20)14(9)15/h3-7H,1-2H3,(H,19,21). The lowest BCUT2D eigenvalue weighted by molar-refractivity contribution is 0.104. The molecule has 2 aromatic heterocycles. The van der Waals surface area contributed by atoms with Gasteiger partial charge in [-0.05, 0) is 18.2 Å². The predicted molar refractivity (Wildman–Crippen MR) is 84.3 cm³/mol. The fraction of sp³-hybridized carbons (Fsp3) is 0.118. The molecule has 0 atom stereocenters. The van der Waals surface area contributed by atoms with Gasteiger partial charge in [0, 0.05) is 28.9 Å². The van der Waals surface area contributed by atoms with Gasteiger partial charge in [0.05, 0.1) is 30.9 Å². The van der Waals surface area contributed by atoms with Crippen LogP contribution in [0, 0.1) is 0 Å². The summed E-state index contributed by atoms with van der Waals surface area (Å²) >= 11 is 0. The summed E-state index contributed by atoms with van der Waals surface area (Å²) in [6.07, 6.45) is 3.15. The summed E-state index contributed by atoms with van der Waals surface area (Å²) in [5.74, 6) is 0.774. The average Bonchev–Trinajstić information content (AvgIpc) is 2.87. The largest absolute Gasteiger partial charge is 0.493 e. The van der Waals surface area contributed by atoms with Crippen LogP contribution >= 0.6 is 0 Å². The van der Waals surface area contributed by atoms with Crippen molar-refractivity contribution in [1.82, 2.24) is 9.97 Å². The second-order valence-corrected chi connectivity index (χ2v) is 5.21. The SMILES string of the molecule is COc1cc2c3c([nH]c(=O)c2cc1OC)-c1cnccc1C3=O. The molecule has 1 aromatic carbocycles. The summed E-state index contributed by atoms with van der Waals surface area (Å²) < 4.78 is 10.5. The van der Waals surface area contributed by atoms with E-state index >= 15 is 0 Å². The van der Waals surface area contributed by atoms with Crippen LogP contribution in [0.2, 0.25) is 0 Å². The van der Waals surface area contributed by atoms with Crippen LogP contribution in [0.4, 0.5) is 0 Å². The Balaban J connectivity index is 2.16. The minimum absolute atomic E-state index is 0.133. The Morgan fingerprint density at radius 3 is 2.39 bits per heavy atom. The topological polar surface area (TPSA) is 81.3 Å². The Hall–Kier alpha value is -3.15. The molecule has 0 bridgehead atoms. The number of fused-ring (bicyclic) bond motifs is 5. The second-order valence-electron chi connectivity index (χ2n) is 5.21. The molecule has 4 rings (SSSR count). The lowest BCUT2D eigenvalue weighted by Gasteiger charge is -2.11. The Labute approximate surface area is 130 Å². The number of carbonyl (C=O) groups excluding carboxylic acids is 1. The number of hydrogen-bond acceptors (Lipinski definition) is 5. The van der Waals surface area contributed by atoms with Crippen molar-refractivity contribution in [3.63, 3.8) is 0 Å². The van der Waals surface area contributed by atoms with Gasteiger partial charge in [-0.15, -0.1) is 0 Å². The summed E-state index contributed by atoms with van der Waals surface area (Å²) in [5, 5.41) is 0.929. The zero-order valence-corrected chi connectivity index (χ0v) is 12.5. The van der Waals surface area contributed by atoms with Crippen molar-refractivity contribution >= 4 is 16.6 Å². The average molecular weight is 308 g/mol. The molecule has 0 unspecified atom stereocenters. The maximum Gasteiger partial charge on any atom is 0.256 e. The van der Waals surface area contributed by atoms with Gasteiger partial charge >= 0.3 is 0 Å². The number of nitrogens with one attached hydrogen (secondary N) is 1. The zero-order chi connectivity index (χ0) is 16.1. The van der Waals surface area contributed by atoms with E-state index in [0.717, 1.165) is 0 Å². The first kappa shape index (κ1) is 13.5. The highest BCUT2D eigenvalue weighted by molar-refractivity contribution is 6.26. The number of methoxy groups -OCH3 is 2. The first-order valence-corrected chi connectivity index (χ1v) is 6.96. The van der Waals surface area contributed by atoms with E-state index in [9.17, 15) is 9.59 Å². The van der Waals surface area contributed by atoms with Gasteiger partial charge in [-0.25, -0.2) is 0 Å². The van der Waals surface area contributed by atoms with Crippen molar-refractivity contribution in [2.45, 2.75) is 0 Å². The van der Waals surface area contributed by atoms with E-state index in [1.807, 2.05) is 0 Å². The first-order chi connectivity index (χ1) is 11.2. The first-order valence-electron chi connectivity index (χ1n) is 6.96. The minimum atomic E-state index is -0.288. The summed E-state index contributed by atoms with van der Waals surface area (Å²) in [7, 11) is 3.01. The van der Waals surface area contributed by atoms with Gasteiger partial charge in [0.15, 0.2) is 17.3 Å². The molecule has 0 saturated heterocycles. The van der Waals surface area contributed by atoms with Crippen molar-refractivity contribution in [3.05, 3.63) is 52.1 Å². The van der Waals surface area contributed by atoms with Crippen molar-refractivity contribution in [1.29, 1.82) is 0 Å². The lowest BCUT2D eigenvalue weighted by Crippen LogP contribution is -2.10. The maximum absolute atomic E-state index is 12.7. The molecule has 23 heavy (non-hydrogen) atoms. The predicted octanol–water partition coefficient (Wildman–Crippen LogP) is 2.15. The summed E-state index contributed by atoms with van der Waals surface area (Å²) in [6, 6.07) is 4.91. The molecule has 0 saturated carbocycles. The molecule has 2 heterocycles. The highest BCUT2D eigenvalue weighted by Gasteiger charge is 2.30. The Kier molecular flexibility index (Phi) is 2.74. The quantitative estimate of drug-likeness (QED) is 0.613. The normalized spacial score (nSPS) is 12.2. The van der Waals surface area contributed by atoms with E-state index in [-0.39, 0.29) is 11.3 Å². The minimum Gasteiger partial charge on any atom is -0.493 e. The zero-order valence-electron chi connectivity index (χ0n) is 12.5. The molecule has 6 nitrogen and oxygen atoms in total. The molecular formula is C17H12N2O4. The van der Waals surface area contributed by atoms with E-state index in [1.165, 1.54) is 14.2 Å². The van der Waals surface area contributed by atoms with Crippen molar-refractivity contribution in [3.8, 4) is 22.8 Å². The third-order valence-electron chi connectivity index (χ3n) is 4.09. The number of carbonyl (C=O) groups is 1. The molecule has 1 aliphatic carbocycles. The highest BCUT2D eigenvalue weighted by atomic mass is 16.5. The third-order valence-corrected chi connectivity index (χ3v) is 4.09. The molecule has 3 aromatic rings. The number of H-pyrrole nitrogens is 1. The van der Waals surface area contributed by atoms with E-state index in [4.69, 9.17) is 9.47 Å². The Morgan fingerprint density at radius 1 is 1.00 bits per heavy atom. The number of aromatic amines is 1. The van der Waals surface area contributed by atoms with Gasteiger partial charge in [0.2, 0.25) is 0 Å². The Morgan fingerprint density at radius 2 is 1.70 bits per heavy atom. The third kappa shape index (κ3) is 1.72. The molecule has 1 aliphatic rings. The lowest BCUT2D eigenvalue weighted by atomic mass is 10.0. The van der Waals surface area contributed by atoms with Crippen LogP contribution in [0.5, 0.6) is 11.5 Å². The van der Waals surface area contributed by atoms with Crippen LogP contribution in [0.3, 0.4) is 0 Å². The Bertz CT molecular complexity index is 1040. The van der Waals surface area contributed by atoms with Crippen LogP contribution in [0.1, 0.15) is 15.9 Å². The van der Waals surface area contributed by atoms with Crippen LogP contribution in [-0.2, 0) is 0 Å². The number of ether oxygens (including phenoxy) is 2. The summed E-state index contributed by atoms with van der Waals surface area (Å²) in [5.41, 5.74) is 1.85. The number of nitrogens with zero attached hydrogens (tertiary/aromatic N) is 1. The fourth-order valence-corrected chi connectivity index (χ4v) is 3.02. The van der Waals surface area contributed by atoms with Gasteiger partial charge in [-0.3, -0.25) is 14.6 Å². The van der Waals surface area contributed by atoms with Gasteiger partial charge in [-0.2, -0.15) is 0 Å². The summed E-state index contributed by atoms with van der Waals surface area (Å²) in [6.45, 7) is 0. The van der Waals surface area contributed by atoms with E-state index in [1.54, 1.807) is 30.6 Å². The number of hydrogen-bond donors (Lipinski definition) is 1. The van der Waals surface area contributed by atoms with Crippen molar-refractivity contribution in [2.75, 3.05) is 14.2 Å². The number of pyridine rings is 2. The fourth-order valence-electron chi connectivity index (χ4n) is 3.02. The molecule has 0 fully saturated rings. The second kappa shape index (κ2) is 4.67. The van der Waals surface area contributed by atoms with E-state index in [0.29, 0.717) is 44.7 Å². The van der Waals surface area contributed by atoms with Crippen LogP contribution in [0.15, 0.2) is 35.4 Å². The molecular weight excluding hydrogens is 296 g/mol. The molecule has 114 valence electrons. The van der Waals surface area contributed by atoms with Crippen LogP contribution in [-0.4, -0.2) is 30.0 Å². The van der Waals surface area contributed by atoms with Crippen LogP contribution in [0.25, 0.3) is 22.0 Å². The van der Waals surface area contributed by atoms with Crippen LogP contribution < -0.4 is 15.0 Å². The number of aromatic nitrogens is 2. The highest BCUT2D eigenvalue weighted by Crippen LogP contribution is 2.40. The number of rotatable bonds is 2. The molecule has 0 amide bonds. The number of benzene rings is 1. The molecule has 6 heteroatoms. The van der Waals surface area contributed by atoms with E-state index in [2.05, 4.69) is 9.97 Å². The molecule has 1 N–H and O–H groups in total.